The normalized spacial score (nSPS) is 24.5. The number of fused-ring (bicyclic) bond motifs is 2. The van der Waals surface area contributed by atoms with Gasteiger partial charge in [-0.25, -0.2) is 0 Å². The molecule has 0 saturated heterocycles. The Balaban J connectivity index is 1.59. The molecule has 2 aromatic rings. The minimum Gasteiger partial charge on any atom is -0.468 e. The highest BCUT2D eigenvalue weighted by atomic mass is 16.7. The molecule has 0 bridgehead atoms. The summed E-state index contributed by atoms with van der Waals surface area (Å²) in [6, 6.07) is 11.2. The van der Waals surface area contributed by atoms with Gasteiger partial charge in [-0.15, -0.1) is 0 Å². The van der Waals surface area contributed by atoms with Crippen LogP contribution < -0.4 is 18.9 Å². The van der Waals surface area contributed by atoms with Crippen LogP contribution in [0.25, 0.3) is 0 Å². The highest BCUT2D eigenvalue weighted by Gasteiger charge is 2.49. The van der Waals surface area contributed by atoms with Crippen LogP contribution in [0, 0.1) is 5.92 Å². The summed E-state index contributed by atoms with van der Waals surface area (Å²) >= 11 is 0. The van der Waals surface area contributed by atoms with Crippen molar-refractivity contribution in [3.63, 3.8) is 0 Å². The van der Waals surface area contributed by atoms with E-state index in [4.69, 9.17) is 23.7 Å². The maximum absolute atomic E-state index is 12.8. The van der Waals surface area contributed by atoms with Crippen LogP contribution in [0.5, 0.6) is 23.0 Å². The van der Waals surface area contributed by atoms with E-state index in [0.29, 0.717) is 23.0 Å². The SMILES string of the molecule is COC(=O)[C@@H]1C(=O)C[C@H](c2ccc3c(c2)OCO3)[C@@H]1c1ccc2c(c1)OCO2. The Hall–Kier alpha value is -3.22. The van der Waals surface area contributed by atoms with Crippen molar-refractivity contribution in [3.8, 4) is 23.0 Å². The summed E-state index contributed by atoms with van der Waals surface area (Å²) in [5, 5.41) is 0. The molecule has 0 unspecified atom stereocenters. The lowest BCUT2D eigenvalue weighted by atomic mass is 9.79. The van der Waals surface area contributed by atoms with Crippen LogP contribution in [-0.2, 0) is 14.3 Å². The van der Waals surface area contributed by atoms with Gasteiger partial charge in [0.1, 0.15) is 11.7 Å². The molecule has 0 amide bonds. The summed E-state index contributed by atoms with van der Waals surface area (Å²) in [4.78, 5) is 25.3. The number of rotatable bonds is 3. The number of Topliss-reactive ketones (excluding diaryl/α,β-unsaturated/α-hetero) is 1. The van der Waals surface area contributed by atoms with Gasteiger partial charge in [-0.3, -0.25) is 9.59 Å². The Morgan fingerprint density at radius 3 is 2.11 bits per heavy atom. The van der Waals surface area contributed by atoms with Gasteiger partial charge in [0.15, 0.2) is 23.0 Å². The van der Waals surface area contributed by atoms with Gasteiger partial charge in [-0.1, -0.05) is 12.1 Å². The summed E-state index contributed by atoms with van der Waals surface area (Å²) in [6.07, 6.45) is 0.249. The largest absolute Gasteiger partial charge is 0.468 e. The van der Waals surface area contributed by atoms with Crippen LogP contribution in [0.2, 0.25) is 0 Å². The monoisotopic (exact) mass is 382 g/mol. The Kier molecular flexibility index (Phi) is 3.89. The van der Waals surface area contributed by atoms with Crippen molar-refractivity contribution < 1.29 is 33.3 Å². The number of esters is 1. The average molecular weight is 382 g/mol. The van der Waals surface area contributed by atoms with E-state index in [0.717, 1.165) is 11.1 Å². The summed E-state index contributed by atoms with van der Waals surface area (Å²) in [5.74, 6) is 0.538. The zero-order valence-electron chi connectivity index (χ0n) is 15.2. The Morgan fingerprint density at radius 1 is 0.893 bits per heavy atom. The first-order valence-electron chi connectivity index (χ1n) is 9.05. The number of carbonyl (C=O) groups is 2. The van der Waals surface area contributed by atoms with Gasteiger partial charge in [0, 0.05) is 12.3 Å². The summed E-state index contributed by atoms with van der Waals surface area (Å²) in [5.41, 5.74) is 1.76. The fraction of sp³-hybridized carbons (Fsp3) is 0.333. The molecule has 0 radical (unpaired) electrons. The van der Waals surface area contributed by atoms with Crippen LogP contribution >= 0.6 is 0 Å². The first-order chi connectivity index (χ1) is 13.7. The van der Waals surface area contributed by atoms with Crippen LogP contribution in [0.1, 0.15) is 29.4 Å². The van der Waals surface area contributed by atoms with E-state index in [1.54, 1.807) is 0 Å². The Bertz CT molecular complexity index is 967. The van der Waals surface area contributed by atoms with Crippen LogP contribution in [0.4, 0.5) is 0 Å². The molecule has 1 aliphatic carbocycles. The zero-order chi connectivity index (χ0) is 19.3. The fourth-order valence-electron chi connectivity index (χ4n) is 4.32. The Labute approximate surface area is 161 Å². The number of hydrogen-bond acceptors (Lipinski definition) is 7. The topological polar surface area (TPSA) is 80.3 Å². The molecule has 5 rings (SSSR count). The number of methoxy groups -OCH3 is 1. The Morgan fingerprint density at radius 2 is 1.46 bits per heavy atom. The predicted octanol–water partition coefficient (Wildman–Crippen LogP) is 2.77. The molecule has 144 valence electrons. The third-order valence-corrected chi connectivity index (χ3v) is 5.62. The summed E-state index contributed by atoms with van der Waals surface area (Å²) in [6.45, 7) is 0.340. The minimum atomic E-state index is -0.860. The van der Waals surface area contributed by atoms with Crippen LogP contribution in [-0.4, -0.2) is 32.4 Å². The number of hydrogen-bond donors (Lipinski definition) is 0. The number of benzene rings is 2. The minimum absolute atomic E-state index is 0.128. The number of ketones is 1. The van der Waals surface area contributed by atoms with Crippen molar-refractivity contribution in [1.29, 1.82) is 0 Å². The third kappa shape index (κ3) is 2.58. The molecule has 2 heterocycles. The van der Waals surface area contributed by atoms with Crippen molar-refractivity contribution in [2.45, 2.75) is 18.3 Å². The van der Waals surface area contributed by atoms with Gasteiger partial charge in [0.2, 0.25) is 13.6 Å². The molecule has 2 aliphatic heterocycles. The van der Waals surface area contributed by atoms with E-state index in [2.05, 4.69) is 0 Å². The van der Waals surface area contributed by atoms with E-state index >= 15 is 0 Å². The second kappa shape index (κ2) is 6.44. The molecule has 0 aromatic heterocycles. The lowest BCUT2D eigenvalue weighted by molar-refractivity contribution is -0.148. The van der Waals surface area contributed by atoms with Gasteiger partial charge in [-0.05, 0) is 41.3 Å². The fourth-order valence-corrected chi connectivity index (χ4v) is 4.32. The van der Waals surface area contributed by atoms with Crippen LogP contribution in [0.15, 0.2) is 36.4 Å². The molecule has 3 aliphatic rings. The van der Waals surface area contributed by atoms with E-state index in [1.807, 2.05) is 36.4 Å². The van der Waals surface area contributed by atoms with Gasteiger partial charge < -0.3 is 23.7 Å². The second-order valence-corrected chi connectivity index (χ2v) is 7.03. The van der Waals surface area contributed by atoms with Crippen LogP contribution in [0.3, 0.4) is 0 Å². The highest BCUT2D eigenvalue weighted by molar-refractivity contribution is 6.02. The quantitative estimate of drug-likeness (QED) is 0.596. The lowest BCUT2D eigenvalue weighted by Gasteiger charge is -2.24. The highest BCUT2D eigenvalue weighted by Crippen LogP contribution is 2.51. The maximum atomic E-state index is 12.8. The number of carbonyl (C=O) groups excluding carboxylic acids is 2. The molecular weight excluding hydrogens is 364 g/mol. The van der Waals surface area contributed by atoms with Crippen molar-refractivity contribution >= 4 is 11.8 Å². The van der Waals surface area contributed by atoms with E-state index in [-0.39, 0.29) is 37.6 Å². The molecule has 1 fully saturated rings. The van der Waals surface area contributed by atoms with Crippen molar-refractivity contribution in [1.82, 2.24) is 0 Å². The standard InChI is InChI=1S/C21H18O7/c1-24-21(23)20-14(22)8-13(11-2-4-15-17(6-11)27-9-25-15)19(20)12-3-5-16-18(7-12)28-10-26-16/h2-7,13,19-20H,8-10H2,1H3/t13-,19+,20-/m1/s1. The van der Waals surface area contributed by atoms with E-state index in [9.17, 15) is 9.59 Å². The maximum Gasteiger partial charge on any atom is 0.316 e. The molecule has 7 nitrogen and oxygen atoms in total. The van der Waals surface area contributed by atoms with E-state index in [1.165, 1.54) is 7.11 Å². The molecule has 3 atom stereocenters. The van der Waals surface area contributed by atoms with Gasteiger partial charge >= 0.3 is 5.97 Å². The number of ether oxygens (including phenoxy) is 5. The second-order valence-electron chi connectivity index (χ2n) is 7.03. The smallest absolute Gasteiger partial charge is 0.316 e. The molecule has 7 heteroatoms. The molecule has 0 N–H and O–H groups in total. The van der Waals surface area contributed by atoms with Crippen molar-refractivity contribution in [2.75, 3.05) is 20.7 Å². The van der Waals surface area contributed by atoms with Crippen molar-refractivity contribution in [2.24, 2.45) is 5.92 Å². The summed E-state index contributed by atoms with van der Waals surface area (Å²) in [7, 11) is 1.31. The average Bonchev–Trinajstić information content (AvgIpc) is 3.43. The molecular formula is C21H18O7. The van der Waals surface area contributed by atoms with Gasteiger partial charge in [0.05, 0.1) is 7.11 Å². The molecule has 1 saturated carbocycles. The van der Waals surface area contributed by atoms with Crippen molar-refractivity contribution in [3.05, 3.63) is 47.5 Å². The predicted molar refractivity (Wildman–Crippen MR) is 95.7 cm³/mol. The lowest BCUT2D eigenvalue weighted by Crippen LogP contribution is -2.26. The van der Waals surface area contributed by atoms with Gasteiger partial charge in [0.25, 0.3) is 0 Å². The zero-order valence-corrected chi connectivity index (χ0v) is 15.2. The molecule has 2 aromatic carbocycles. The first-order valence-corrected chi connectivity index (χ1v) is 9.05. The molecule has 28 heavy (non-hydrogen) atoms. The first kappa shape index (κ1) is 16.9. The summed E-state index contributed by atoms with van der Waals surface area (Å²) < 4.78 is 26.7. The molecule has 0 spiro atoms. The van der Waals surface area contributed by atoms with E-state index < -0.39 is 11.9 Å². The third-order valence-electron chi connectivity index (χ3n) is 5.62. The van der Waals surface area contributed by atoms with Gasteiger partial charge in [-0.2, -0.15) is 0 Å².